The molecule has 1 saturated carbocycles. The first-order valence-electron chi connectivity index (χ1n) is 5.35. The van der Waals surface area contributed by atoms with Gasteiger partial charge >= 0.3 is 0 Å². The van der Waals surface area contributed by atoms with Crippen molar-refractivity contribution >= 4 is 5.91 Å². The average Bonchev–Trinajstić information content (AvgIpc) is 2.97. The van der Waals surface area contributed by atoms with Gasteiger partial charge in [0.15, 0.2) is 0 Å². The minimum absolute atomic E-state index is 0.0490. The van der Waals surface area contributed by atoms with Crippen molar-refractivity contribution in [2.24, 2.45) is 0 Å². The molecule has 80 valence electrons. The van der Waals surface area contributed by atoms with Crippen molar-refractivity contribution in [1.29, 1.82) is 0 Å². The summed E-state index contributed by atoms with van der Waals surface area (Å²) >= 11 is 0. The Bertz CT molecular complexity index is 230. The Morgan fingerprint density at radius 2 is 2.00 bits per heavy atom. The number of nitrogens with zero attached hydrogens (tertiary/aromatic N) is 1. The van der Waals surface area contributed by atoms with Crippen molar-refractivity contribution in [2.75, 3.05) is 20.1 Å². The van der Waals surface area contributed by atoms with Gasteiger partial charge in [0, 0.05) is 19.1 Å². The van der Waals surface area contributed by atoms with Gasteiger partial charge in [-0.1, -0.05) is 0 Å². The van der Waals surface area contributed by atoms with E-state index in [1.165, 1.54) is 0 Å². The lowest BCUT2D eigenvalue weighted by molar-refractivity contribution is -0.143. The maximum atomic E-state index is 11.7. The number of carbonyl (C=O) groups excluding carboxylic acids is 1. The SMILES string of the molecule is CNC1CCN(C(=O)C2(O)CC2)CC1. The lowest BCUT2D eigenvalue weighted by Crippen LogP contribution is -2.48. The van der Waals surface area contributed by atoms with Crippen LogP contribution >= 0.6 is 0 Å². The summed E-state index contributed by atoms with van der Waals surface area (Å²) in [7, 11) is 1.95. The van der Waals surface area contributed by atoms with Crippen LogP contribution in [0.1, 0.15) is 25.7 Å². The molecule has 0 aromatic heterocycles. The summed E-state index contributed by atoms with van der Waals surface area (Å²) in [4.78, 5) is 13.5. The number of piperidine rings is 1. The molecule has 0 bridgehead atoms. The van der Waals surface area contributed by atoms with E-state index in [0.29, 0.717) is 18.9 Å². The molecule has 4 heteroatoms. The molecule has 1 heterocycles. The molecule has 1 aliphatic heterocycles. The zero-order chi connectivity index (χ0) is 10.2. The van der Waals surface area contributed by atoms with Gasteiger partial charge in [-0.15, -0.1) is 0 Å². The molecule has 1 saturated heterocycles. The Hall–Kier alpha value is -0.610. The van der Waals surface area contributed by atoms with Crippen molar-refractivity contribution < 1.29 is 9.90 Å². The van der Waals surface area contributed by atoms with Crippen LogP contribution in [-0.2, 0) is 4.79 Å². The molecule has 14 heavy (non-hydrogen) atoms. The first-order chi connectivity index (χ1) is 6.65. The summed E-state index contributed by atoms with van der Waals surface area (Å²) in [6.07, 6.45) is 3.30. The topological polar surface area (TPSA) is 52.6 Å². The van der Waals surface area contributed by atoms with E-state index in [9.17, 15) is 9.90 Å². The number of aliphatic hydroxyl groups is 1. The summed E-state index contributed by atoms with van der Waals surface area (Å²) in [5.41, 5.74) is -0.980. The minimum Gasteiger partial charge on any atom is -0.380 e. The molecule has 0 spiro atoms. The molecular weight excluding hydrogens is 180 g/mol. The van der Waals surface area contributed by atoms with Gasteiger partial charge in [-0.05, 0) is 32.7 Å². The summed E-state index contributed by atoms with van der Waals surface area (Å²) < 4.78 is 0. The van der Waals surface area contributed by atoms with Crippen LogP contribution in [0.2, 0.25) is 0 Å². The van der Waals surface area contributed by atoms with Gasteiger partial charge in [0.25, 0.3) is 5.91 Å². The second kappa shape index (κ2) is 3.51. The molecule has 2 N–H and O–H groups in total. The molecule has 2 aliphatic rings. The van der Waals surface area contributed by atoms with Crippen LogP contribution in [0.4, 0.5) is 0 Å². The van der Waals surface area contributed by atoms with Gasteiger partial charge in [-0.25, -0.2) is 0 Å². The molecule has 1 aliphatic carbocycles. The van der Waals surface area contributed by atoms with Gasteiger partial charge in [-0.3, -0.25) is 4.79 Å². The number of hydrogen-bond donors (Lipinski definition) is 2. The van der Waals surface area contributed by atoms with Crippen molar-refractivity contribution in [2.45, 2.75) is 37.3 Å². The number of nitrogens with one attached hydrogen (secondary N) is 1. The molecular formula is C10H18N2O2. The van der Waals surface area contributed by atoms with E-state index in [1.54, 1.807) is 4.90 Å². The zero-order valence-electron chi connectivity index (χ0n) is 8.62. The Kier molecular flexibility index (Phi) is 2.49. The Balaban J connectivity index is 1.86. The maximum absolute atomic E-state index is 11.7. The molecule has 0 unspecified atom stereocenters. The number of rotatable bonds is 2. The molecule has 0 radical (unpaired) electrons. The smallest absolute Gasteiger partial charge is 0.254 e. The fourth-order valence-electron chi connectivity index (χ4n) is 2.00. The normalized spacial score (nSPS) is 26.3. The second-order valence-corrected chi connectivity index (χ2v) is 4.39. The van der Waals surface area contributed by atoms with E-state index in [2.05, 4.69) is 5.32 Å². The average molecular weight is 198 g/mol. The zero-order valence-corrected chi connectivity index (χ0v) is 8.62. The highest BCUT2D eigenvalue weighted by atomic mass is 16.3. The third-order valence-corrected chi connectivity index (χ3v) is 3.31. The van der Waals surface area contributed by atoms with E-state index < -0.39 is 5.60 Å². The summed E-state index contributed by atoms with van der Waals surface area (Å²) in [5.74, 6) is -0.0490. The monoisotopic (exact) mass is 198 g/mol. The van der Waals surface area contributed by atoms with Crippen LogP contribution < -0.4 is 5.32 Å². The van der Waals surface area contributed by atoms with Gasteiger partial charge in [0.2, 0.25) is 0 Å². The standard InChI is InChI=1S/C10H18N2O2/c1-11-8-2-6-12(7-3-8)9(13)10(14)4-5-10/h8,11,14H,2-7H2,1H3. The third kappa shape index (κ3) is 1.77. The van der Waals surface area contributed by atoms with E-state index in [1.807, 2.05) is 7.05 Å². The van der Waals surface area contributed by atoms with Gasteiger partial charge < -0.3 is 15.3 Å². The van der Waals surface area contributed by atoms with E-state index in [4.69, 9.17) is 0 Å². The predicted octanol–water partition coefficient (Wildman–Crippen LogP) is -0.278. The van der Waals surface area contributed by atoms with Crippen molar-refractivity contribution in [1.82, 2.24) is 10.2 Å². The van der Waals surface area contributed by atoms with E-state index in [0.717, 1.165) is 25.9 Å². The minimum atomic E-state index is -0.980. The van der Waals surface area contributed by atoms with Gasteiger partial charge in [-0.2, -0.15) is 0 Å². The number of amides is 1. The Labute approximate surface area is 84.3 Å². The first-order valence-corrected chi connectivity index (χ1v) is 5.35. The summed E-state index contributed by atoms with van der Waals surface area (Å²) in [6.45, 7) is 1.57. The van der Waals surface area contributed by atoms with Crippen LogP contribution in [0, 0.1) is 0 Å². The highest BCUT2D eigenvalue weighted by Crippen LogP contribution is 2.37. The largest absolute Gasteiger partial charge is 0.380 e. The van der Waals surface area contributed by atoms with Gasteiger partial charge in [0.1, 0.15) is 5.60 Å². The quantitative estimate of drug-likeness (QED) is 0.642. The van der Waals surface area contributed by atoms with E-state index >= 15 is 0 Å². The highest BCUT2D eigenvalue weighted by molar-refractivity contribution is 5.87. The lowest BCUT2D eigenvalue weighted by Gasteiger charge is -2.33. The molecule has 0 atom stereocenters. The second-order valence-electron chi connectivity index (χ2n) is 4.39. The maximum Gasteiger partial charge on any atom is 0.254 e. The molecule has 0 aromatic carbocycles. The Morgan fingerprint density at radius 3 is 2.43 bits per heavy atom. The Morgan fingerprint density at radius 1 is 1.43 bits per heavy atom. The number of carbonyl (C=O) groups is 1. The summed E-state index contributed by atoms with van der Waals surface area (Å²) in [6, 6.07) is 0.535. The van der Waals surface area contributed by atoms with Crippen molar-refractivity contribution in [3.63, 3.8) is 0 Å². The first kappa shape index (κ1) is 9.93. The molecule has 4 nitrogen and oxygen atoms in total. The fourth-order valence-corrected chi connectivity index (χ4v) is 2.00. The molecule has 1 amide bonds. The lowest BCUT2D eigenvalue weighted by atomic mass is 10.0. The fraction of sp³-hybridized carbons (Fsp3) is 0.900. The number of likely N-dealkylation sites (tertiary alicyclic amines) is 1. The summed E-state index contributed by atoms with van der Waals surface area (Å²) in [5, 5.41) is 12.9. The van der Waals surface area contributed by atoms with Crippen molar-refractivity contribution in [3.05, 3.63) is 0 Å². The van der Waals surface area contributed by atoms with Crippen LogP contribution in [0.25, 0.3) is 0 Å². The van der Waals surface area contributed by atoms with Gasteiger partial charge in [0.05, 0.1) is 0 Å². The van der Waals surface area contributed by atoms with Crippen LogP contribution in [0.3, 0.4) is 0 Å². The molecule has 2 rings (SSSR count). The number of hydrogen-bond acceptors (Lipinski definition) is 3. The van der Waals surface area contributed by atoms with Crippen LogP contribution in [0.15, 0.2) is 0 Å². The third-order valence-electron chi connectivity index (χ3n) is 3.31. The van der Waals surface area contributed by atoms with Crippen LogP contribution in [-0.4, -0.2) is 47.7 Å². The molecule has 2 fully saturated rings. The van der Waals surface area contributed by atoms with Crippen molar-refractivity contribution in [3.8, 4) is 0 Å². The molecule has 0 aromatic rings. The predicted molar refractivity (Wildman–Crippen MR) is 52.8 cm³/mol. The van der Waals surface area contributed by atoms with E-state index in [-0.39, 0.29) is 5.91 Å². The van der Waals surface area contributed by atoms with Crippen LogP contribution in [0.5, 0.6) is 0 Å². The highest BCUT2D eigenvalue weighted by Gasteiger charge is 2.50.